The molecule has 9 heteroatoms. The minimum Gasteiger partial charge on any atom is -0.496 e. The quantitative estimate of drug-likeness (QED) is 0.453. The number of aromatic nitrogens is 1. The van der Waals surface area contributed by atoms with Crippen LogP contribution in [-0.2, 0) is 4.79 Å². The fourth-order valence-electron chi connectivity index (χ4n) is 2.23. The smallest absolute Gasteiger partial charge is 0.289 e. The molecule has 0 bridgehead atoms. The Balaban J connectivity index is 1.53. The van der Waals surface area contributed by atoms with Gasteiger partial charge in [-0.15, -0.1) is 23.1 Å². The third-order valence-electron chi connectivity index (χ3n) is 3.57. The summed E-state index contributed by atoms with van der Waals surface area (Å²) in [5, 5.41) is 2.93. The van der Waals surface area contributed by atoms with Gasteiger partial charge in [-0.05, 0) is 36.4 Å². The molecule has 2 amide bonds. The van der Waals surface area contributed by atoms with Gasteiger partial charge >= 0.3 is 0 Å². The van der Waals surface area contributed by atoms with E-state index in [1.54, 1.807) is 24.6 Å². The normalized spacial score (nSPS) is 10.4. The number of carbonyl (C=O) groups excluding carboxylic acids is 2. The molecule has 0 saturated heterocycles. The summed E-state index contributed by atoms with van der Waals surface area (Å²) in [7, 11) is 1.58. The number of nitrogens with zero attached hydrogens (tertiary/aromatic N) is 1. The molecule has 0 aliphatic carbocycles. The largest absolute Gasteiger partial charge is 0.496 e. The molecule has 0 spiro atoms. The zero-order valence-electron chi connectivity index (χ0n) is 14.8. The number of hydrogen-bond acceptors (Lipinski definition) is 6. The van der Waals surface area contributed by atoms with E-state index in [0.29, 0.717) is 15.8 Å². The summed E-state index contributed by atoms with van der Waals surface area (Å²) in [6, 6.07) is 14.6. The zero-order chi connectivity index (χ0) is 19.9. The molecule has 2 N–H and O–H groups in total. The van der Waals surface area contributed by atoms with E-state index in [4.69, 9.17) is 16.3 Å². The molecule has 144 valence electrons. The Bertz CT molecular complexity index is 977. The predicted molar refractivity (Wildman–Crippen MR) is 112 cm³/mol. The third-order valence-corrected chi connectivity index (χ3v) is 5.71. The predicted octanol–water partition coefficient (Wildman–Crippen LogP) is 4.03. The number of methoxy groups -OCH3 is 1. The van der Waals surface area contributed by atoms with Crippen LogP contribution in [0.4, 0.5) is 0 Å². The van der Waals surface area contributed by atoms with Gasteiger partial charge in [0, 0.05) is 15.3 Å². The standard InChI is InChI=1S/C19H16ClN3O3S2/c1-26-16-5-3-2-4-14(16)19-21-15(10-28-19)18(25)23-22-17(24)11-27-13-8-6-12(20)7-9-13/h2-10H,11H2,1H3,(H,22,24)(H,23,25). The average molecular weight is 434 g/mol. The van der Waals surface area contributed by atoms with E-state index in [2.05, 4.69) is 15.8 Å². The number of ether oxygens (including phenoxy) is 1. The lowest BCUT2D eigenvalue weighted by molar-refractivity contribution is -0.119. The molecule has 0 unspecified atom stereocenters. The van der Waals surface area contributed by atoms with E-state index in [1.165, 1.54) is 23.1 Å². The molecule has 0 fully saturated rings. The van der Waals surface area contributed by atoms with Crippen LogP contribution < -0.4 is 15.6 Å². The minimum absolute atomic E-state index is 0.158. The number of para-hydroxylation sites is 1. The number of amides is 2. The lowest BCUT2D eigenvalue weighted by atomic mass is 10.2. The van der Waals surface area contributed by atoms with E-state index in [-0.39, 0.29) is 17.4 Å². The maximum atomic E-state index is 12.2. The molecule has 0 saturated carbocycles. The first kappa shape index (κ1) is 20.2. The number of benzene rings is 2. The van der Waals surface area contributed by atoms with Crippen molar-refractivity contribution in [3.8, 4) is 16.3 Å². The molecule has 0 atom stereocenters. The molecule has 28 heavy (non-hydrogen) atoms. The van der Waals surface area contributed by atoms with Crippen molar-refractivity contribution in [2.45, 2.75) is 4.90 Å². The number of halogens is 1. The minimum atomic E-state index is -0.484. The average Bonchev–Trinajstić information content (AvgIpc) is 3.21. The van der Waals surface area contributed by atoms with Gasteiger partial charge in [0.2, 0.25) is 5.91 Å². The Morgan fingerprint density at radius 1 is 1.14 bits per heavy atom. The summed E-state index contributed by atoms with van der Waals surface area (Å²) in [6.45, 7) is 0. The molecule has 3 rings (SSSR count). The van der Waals surface area contributed by atoms with Gasteiger partial charge in [-0.1, -0.05) is 23.7 Å². The van der Waals surface area contributed by atoms with Crippen molar-refractivity contribution in [2.75, 3.05) is 12.9 Å². The monoisotopic (exact) mass is 433 g/mol. The number of hydrazine groups is 1. The summed E-state index contributed by atoms with van der Waals surface area (Å²) in [6.07, 6.45) is 0. The molecule has 1 aromatic heterocycles. The van der Waals surface area contributed by atoms with Gasteiger partial charge < -0.3 is 4.74 Å². The number of thioether (sulfide) groups is 1. The Hall–Kier alpha value is -2.55. The van der Waals surface area contributed by atoms with Gasteiger partial charge in [-0.25, -0.2) is 4.98 Å². The highest BCUT2D eigenvalue weighted by Gasteiger charge is 2.15. The zero-order valence-corrected chi connectivity index (χ0v) is 17.2. The van der Waals surface area contributed by atoms with E-state index >= 15 is 0 Å². The van der Waals surface area contributed by atoms with Gasteiger partial charge in [0.05, 0.1) is 18.4 Å². The fourth-order valence-corrected chi connectivity index (χ4v) is 3.88. The lowest BCUT2D eigenvalue weighted by Gasteiger charge is -2.06. The molecule has 1 heterocycles. The van der Waals surface area contributed by atoms with Crippen LogP contribution in [0.25, 0.3) is 10.6 Å². The van der Waals surface area contributed by atoms with E-state index in [1.807, 2.05) is 36.4 Å². The summed E-state index contributed by atoms with van der Waals surface area (Å²) in [4.78, 5) is 29.4. The van der Waals surface area contributed by atoms with E-state index < -0.39 is 5.91 Å². The van der Waals surface area contributed by atoms with Crippen molar-refractivity contribution < 1.29 is 14.3 Å². The van der Waals surface area contributed by atoms with Crippen LogP contribution in [0.2, 0.25) is 5.02 Å². The summed E-state index contributed by atoms with van der Waals surface area (Å²) >= 11 is 8.49. The number of nitrogens with one attached hydrogen (secondary N) is 2. The Labute approximate surface area is 175 Å². The van der Waals surface area contributed by atoms with Gasteiger partial charge in [0.25, 0.3) is 5.91 Å². The van der Waals surface area contributed by atoms with E-state index in [9.17, 15) is 9.59 Å². The molecule has 6 nitrogen and oxygen atoms in total. The van der Waals surface area contributed by atoms with Crippen LogP contribution in [0.15, 0.2) is 58.8 Å². The van der Waals surface area contributed by atoms with Crippen molar-refractivity contribution in [3.63, 3.8) is 0 Å². The number of rotatable bonds is 6. The fraction of sp³-hybridized carbons (Fsp3) is 0.105. The summed E-state index contributed by atoms with van der Waals surface area (Å²) in [5.74, 6) is 0.0258. The summed E-state index contributed by atoms with van der Waals surface area (Å²) < 4.78 is 5.32. The number of thiazole rings is 1. The van der Waals surface area contributed by atoms with Crippen molar-refractivity contribution in [2.24, 2.45) is 0 Å². The Morgan fingerprint density at radius 2 is 1.89 bits per heavy atom. The highest BCUT2D eigenvalue weighted by molar-refractivity contribution is 8.00. The molecule has 2 aromatic carbocycles. The second kappa shape index (κ2) is 9.59. The molecular formula is C19H16ClN3O3S2. The number of carbonyl (C=O) groups is 2. The first-order valence-corrected chi connectivity index (χ1v) is 10.4. The summed E-state index contributed by atoms with van der Waals surface area (Å²) in [5.41, 5.74) is 5.79. The Kier molecular flexibility index (Phi) is 6.91. The highest BCUT2D eigenvalue weighted by Crippen LogP contribution is 2.31. The molecule has 0 aliphatic heterocycles. The van der Waals surface area contributed by atoms with Crippen LogP contribution in [0.1, 0.15) is 10.5 Å². The first-order chi connectivity index (χ1) is 13.6. The first-order valence-electron chi connectivity index (χ1n) is 8.13. The van der Waals surface area contributed by atoms with Gasteiger partial charge in [0.1, 0.15) is 16.5 Å². The second-order valence-corrected chi connectivity index (χ2v) is 7.83. The van der Waals surface area contributed by atoms with Crippen LogP contribution in [-0.4, -0.2) is 29.7 Å². The molecular weight excluding hydrogens is 418 g/mol. The SMILES string of the molecule is COc1ccccc1-c1nc(C(=O)NNC(=O)CSc2ccc(Cl)cc2)cs1. The third kappa shape index (κ3) is 5.25. The van der Waals surface area contributed by atoms with Crippen LogP contribution in [0.3, 0.4) is 0 Å². The maximum Gasteiger partial charge on any atom is 0.289 e. The van der Waals surface area contributed by atoms with Gasteiger partial charge in [-0.2, -0.15) is 0 Å². The second-order valence-electron chi connectivity index (χ2n) is 5.48. The van der Waals surface area contributed by atoms with Crippen LogP contribution in [0.5, 0.6) is 5.75 Å². The molecule has 0 aliphatic rings. The highest BCUT2D eigenvalue weighted by atomic mass is 35.5. The van der Waals surface area contributed by atoms with Crippen LogP contribution in [0, 0.1) is 0 Å². The Morgan fingerprint density at radius 3 is 2.64 bits per heavy atom. The molecule has 3 aromatic rings. The van der Waals surface area contributed by atoms with Crippen molar-refractivity contribution in [1.82, 2.24) is 15.8 Å². The van der Waals surface area contributed by atoms with Crippen LogP contribution >= 0.6 is 34.7 Å². The van der Waals surface area contributed by atoms with Gasteiger partial charge in [0.15, 0.2) is 0 Å². The number of hydrogen-bond donors (Lipinski definition) is 2. The van der Waals surface area contributed by atoms with Crippen molar-refractivity contribution >= 4 is 46.5 Å². The van der Waals surface area contributed by atoms with Crippen molar-refractivity contribution in [3.05, 3.63) is 64.6 Å². The maximum absolute atomic E-state index is 12.2. The van der Waals surface area contributed by atoms with E-state index in [0.717, 1.165) is 10.5 Å². The topological polar surface area (TPSA) is 80.3 Å². The molecule has 0 radical (unpaired) electrons. The van der Waals surface area contributed by atoms with Gasteiger partial charge in [-0.3, -0.25) is 20.4 Å². The van der Waals surface area contributed by atoms with Crippen molar-refractivity contribution in [1.29, 1.82) is 0 Å². The lowest BCUT2D eigenvalue weighted by Crippen LogP contribution is -2.42.